The van der Waals surface area contributed by atoms with Crippen molar-refractivity contribution in [3.8, 4) is 5.82 Å². The van der Waals surface area contributed by atoms with Crippen molar-refractivity contribution in [1.82, 2.24) is 19.7 Å². The summed E-state index contributed by atoms with van der Waals surface area (Å²) in [4.78, 5) is 18.0. The summed E-state index contributed by atoms with van der Waals surface area (Å²) >= 11 is 5.76. The molecule has 0 N–H and O–H groups in total. The summed E-state index contributed by atoms with van der Waals surface area (Å²) in [6.45, 7) is 0. The minimum Gasteiger partial charge on any atom is -0.258 e. The smallest absolute Gasteiger partial charge is 0.258 e. The van der Waals surface area contributed by atoms with E-state index in [0.29, 0.717) is 5.52 Å². The molecule has 8 heteroatoms. The second-order valence-electron chi connectivity index (χ2n) is 3.71. The molecule has 0 unspecified atom stereocenters. The van der Waals surface area contributed by atoms with Crippen LogP contribution in [0, 0.1) is 10.1 Å². The van der Waals surface area contributed by atoms with E-state index in [9.17, 15) is 10.1 Å². The highest BCUT2D eigenvalue weighted by Gasteiger charge is 2.24. The van der Waals surface area contributed by atoms with Crippen molar-refractivity contribution in [3.63, 3.8) is 0 Å². The van der Waals surface area contributed by atoms with Gasteiger partial charge in [0.05, 0.1) is 16.6 Å². The van der Waals surface area contributed by atoms with Crippen LogP contribution in [0.25, 0.3) is 16.7 Å². The van der Waals surface area contributed by atoms with Gasteiger partial charge in [0.2, 0.25) is 11.0 Å². The maximum absolute atomic E-state index is 11.1. The number of hydrogen-bond donors (Lipinski definition) is 0. The largest absolute Gasteiger partial charge is 0.350 e. The number of fused-ring (bicyclic) bond motifs is 1. The fourth-order valence-electron chi connectivity index (χ4n) is 1.80. The summed E-state index contributed by atoms with van der Waals surface area (Å²) in [7, 11) is 0. The Balaban J connectivity index is 2.33. The van der Waals surface area contributed by atoms with Gasteiger partial charge >= 0.3 is 5.69 Å². The van der Waals surface area contributed by atoms with Gasteiger partial charge in [0.1, 0.15) is 6.33 Å². The first-order valence-corrected chi connectivity index (χ1v) is 5.64. The van der Waals surface area contributed by atoms with E-state index in [2.05, 4.69) is 15.1 Å². The van der Waals surface area contributed by atoms with Gasteiger partial charge < -0.3 is 0 Å². The van der Waals surface area contributed by atoms with E-state index in [-0.39, 0.29) is 16.7 Å². The van der Waals surface area contributed by atoms with Gasteiger partial charge in [-0.15, -0.1) is 0 Å². The fraction of sp³-hybridized carbons (Fsp3) is 0. The lowest BCUT2D eigenvalue weighted by Crippen LogP contribution is -2.05. The van der Waals surface area contributed by atoms with Crippen LogP contribution in [0.5, 0.6) is 0 Å². The monoisotopic (exact) mass is 275 g/mol. The number of hydrogen-bond acceptors (Lipinski definition) is 5. The number of rotatable bonds is 2. The zero-order valence-electron chi connectivity index (χ0n) is 9.39. The second-order valence-corrected chi connectivity index (χ2v) is 4.07. The van der Waals surface area contributed by atoms with Crippen molar-refractivity contribution in [3.05, 3.63) is 52.1 Å². The van der Waals surface area contributed by atoms with Crippen LogP contribution in [0.15, 0.2) is 36.8 Å². The summed E-state index contributed by atoms with van der Waals surface area (Å²) in [5.74, 6) is 0.0474. The van der Waals surface area contributed by atoms with E-state index in [4.69, 9.17) is 11.6 Å². The highest BCUT2D eigenvalue weighted by Crippen LogP contribution is 2.28. The molecule has 19 heavy (non-hydrogen) atoms. The molecule has 0 saturated carbocycles. The average Bonchev–Trinajstić information content (AvgIpc) is 2.81. The zero-order chi connectivity index (χ0) is 13.4. The molecule has 0 saturated heterocycles. The summed E-state index contributed by atoms with van der Waals surface area (Å²) in [5.41, 5.74) is 0.346. The first-order valence-electron chi connectivity index (χ1n) is 5.26. The Morgan fingerprint density at radius 2 is 2.05 bits per heavy atom. The van der Waals surface area contributed by atoms with Gasteiger partial charge in [-0.1, -0.05) is 29.8 Å². The van der Waals surface area contributed by atoms with Crippen LogP contribution in [-0.2, 0) is 0 Å². The quantitative estimate of drug-likeness (QED) is 0.407. The van der Waals surface area contributed by atoms with Gasteiger partial charge in [0, 0.05) is 5.39 Å². The third-order valence-electron chi connectivity index (χ3n) is 2.62. The molecular weight excluding hydrogens is 270 g/mol. The predicted octanol–water partition coefficient (Wildman–Crippen LogP) is 2.38. The van der Waals surface area contributed by atoms with Crippen LogP contribution in [0.1, 0.15) is 0 Å². The summed E-state index contributed by atoms with van der Waals surface area (Å²) in [5, 5.41) is 15.8. The molecule has 1 aromatic carbocycles. The van der Waals surface area contributed by atoms with Crippen molar-refractivity contribution in [1.29, 1.82) is 0 Å². The molecule has 0 amide bonds. The lowest BCUT2D eigenvalue weighted by molar-refractivity contribution is -0.385. The molecule has 0 aliphatic carbocycles. The SMILES string of the molecule is O=[N+]([O-])c1c(Cl)ncnc1-n1ncc2ccccc21. The minimum absolute atomic E-state index is 0.0474. The lowest BCUT2D eigenvalue weighted by atomic mass is 10.2. The molecule has 2 aromatic heterocycles. The van der Waals surface area contributed by atoms with Gasteiger partial charge in [0.15, 0.2) is 0 Å². The molecule has 3 aromatic rings. The highest BCUT2D eigenvalue weighted by molar-refractivity contribution is 6.31. The minimum atomic E-state index is -0.617. The Bertz CT molecular complexity index is 786. The lowest BCUT2D eigenvalue weighted by Gasteiger charge is -2.03. The number of halogens is 1. The molecule has 0 spiro atoms. The highest BCUT2D eigenvalue weighted by atomic mass is 35.5. The van der Waals surface area contributed by atoms with Crippen molar-refractivity contribution >= 4 is 28.2 Å². The molecule has 94 valence electrons. The maximum atomic E-state index is 11.1. The third kappa shape index (κ3) is 1.80. The summed E-state index contributed by atoms with van der Waals surface area (Å²) in [6, 6.07) is 7.32. The molecule has 0 atom stereocenters. The first kappa shape index (κ1) is 11.5. The molecule has 0 aliphatic rings. The van der Waals surface area contributed by atoms with Crippen LogP contribution < -0.4 is 0 Å². The number of benzene rings is 1. The van der Waals surface area contributed by atoms with Crippen LogP contribution in [0.2, 0.25) is 5.15 Å². The van der Waals surface area contributed by atoms with E-state index < -0.39 is 4.92 Å². The Kier molecular flexibility index (Phi) is 2.60. The molecule has 0 radical (unpaired) electrons. The van der Waals surface area contributed by atoms with Crippen LogP contribution in [-0.4, -0.2) is 24.7 Å². The molecule has 0 aliphatic heterocycles. The van der Waals surface area contributed by atoms with Crippen LogP contribution >= 0.6 is 11.6 Å². The Morgan fingerprint density at radius 3 is 2.84 bits per heavy atom. The fourth-order valence-corrected chi connectivity index (χ4v) is 2.00. The van der Waals surface area contributed by atoms with Gasteiger partial charge in [-0.05, 0) is 6.07 Å². The summed E-state index contributed by atoms with van der Waals surface area (Å²) < 4.78 is 1.38. The topological polar surface area (TPSA) is 86.7 Å². The van der Waals surface area contributed by atoms with Crippen molar-refractivity contribution in [2.24, 2.45) is 0 Å². The van der Waals surface area contributed by atoms with Crippen molar-refractivity contribution in [2.45, 2.75) is 0 Å². The Labute approximate surface area is 111 Å². The number of nitrogens with zero attached hydrogens (tertiary/aromatic N) is 5. The first-order chi connectivity index (χ1) is 9.18. The molecule has 2 heterocycles. The van der Waals surface area contributed by atoms with Gasteiger partial charge in [0.25, 0.3) is 0 Å². The second kappa shape index (κ2) is 4.29. The van der Waals surface area contributed by atoms with Gasteiger partial charge in [-0.3, -0.25) is 10.1 Å². The van der Waals surface area contributed by atoms with Crippen molar-refractivity contribution < 1.29 is 4.92 Å². The van der Waals surface area contributed by atoms with E-state index in [1.54, 1.807) is 12.3 Å². The molecular formula is C11H6ClN5O2. The molecule has 3 rings (SSSR count). The number of nitro groups is 1. The molecule has 0 fully saturated rings. The van der Waals surface area contributed by atoms with E-state index in [1.807, 2.05) is 18.2 Å². The average molecular weight is 276 g/mol. The van der Waals surface area contributed by atoms with E-state index >= 15 is 0 Å². The van der Waals surface area contributed by atoms with Crippen LogP contribution in [0.4, 0.5) is 5.69 Å². The molecule has 0 bridgehead atoms. The molecule has 7 nitrogen and oxygen atoms in total. The number of aromatic nitrogens is 4. The van der Waals surface area contributed by atoms with Gasteiger partial charge in [-0.25, -0.2) is 14.6 Å². The predicted molar refractivity (Wildman–Crippen MR) is 68.3 cm³/mol. The Morgan fingerprint density at radius 1 is 1.26 bits per heavy atom. The summed E-state index contributed by atoms with van der Waals surface area (Å²) in [6.07, 6.45) is 2.77. The van der Waals surface area contributed by atoms with Crippen molar-refractivity contribution in [2.75, 3.05) is 0 Å². The number of para-hydroxylation sites is 1. The van der Waals surface area contributed by atoms with Gasteiger partial charge in [-0.2, -0.15) is 5.10 Å². The third-order valence-corrected chi connectivity index (χ3v) is 2.90. The van der Waals surface area contributed by atoms with E-state index in [1.165, 1.54) is 11.0 Å². The zero-order valence-corrected chi connectivity index (χ0v) is 10.2. The Hall–Kier alpha value is -2.54. The van der Waals surface area contributed by atoms with E-state index in [0.717, 1.165) is 5.39 Å². The maximum Gasteiger partial charge on any atom is 0.350 e. The van der Waals surface area contributed by atoms with Crippen LogP contribution in [0.3, 0.4) is 0 Å². The standard InChI is InChI=1S/C11H6ClN5O2/c12-10-9(17(18)19)11(14-6-13-10)16-8-4-2-1-3-7(8)5-15-16/h1-6H. The normalized spacial score (nSPS) is 10.8.